The summed E-state index contributed by atoms with van der Waals surface area (Å²) in [4.78, 5) is 1.03. The minimum atomic E-state index is 0.777. The number of fused-ring (bicyclic) bond motifs is 3. The van der Waals surface area contributed by atoms with Crippen LogP contribution in [-0.4, -0.2) is 10.8 Å². The first-order chi connectivity index (χ1) is 11.3. The van der Waals surface area contributed by atoms with Crippen LogP contribution in [0.5, 0.6) is 0 Å². The van der Waals surface area contributed by atoms with Crippen molar-refractivity contribution in [2.45, 2.75) is 4.90 Å². The Balaban J connectivity index is 2.28. The molecule has 0 saturated carbocycles. The number of allylic oxidation sites excluding steroid dienone is 4. The van der Waals surface area contributed by atoms with E-state index in [9.17, 15) is 5.26 Å². The lowest BCUT2D eigenvalue weighted by atomic mass is 9.99. The maximum atomic E-state index is 9.77. The summed E-state index contributed by atoms with van der Waals surface area (Å²) in [6.45, 7) is 0. The molecule has 0 unspecified atom stereocenters. The molecule has 111 valence electrons. The van der Waals surface area contributed by atoms with E-state index in [0.29, 0.717) is 0 Å². The lowest BCUT2D eigenvalue weighted by Gasteiger charge is -2.11. The number of hydrogen-bond donors (Lipinski definition) is 0. The second-order valence-corrected chi connectivity index (χ2v) is 6.43. The molecule has 0 atom stereocenters. The van der Waals surface area contributed by atoms with E-state index in [1.54, 1.807) is 11.8 Å². The van der Waals surface area contributed by atoms with Gasteiger partial charge in [0.2, 0.25) is 0 Å². The van der Waals surface area contributed by atoms with Gasteiger partial charge in [-0.1, -0.05) is 36.4 Å². The fourth-order valence-corrected chi connectivity index (χ4v) is 3.99. The molecule has 3 heteroatoms. The summed E-state index contributed by atoms with van der Waals surface area (Å²) >= 11 is 1.63. The molecule has 0 amide bonds. The van der Waals surface area contributed by atoms with Crippen molar-refractivity contribution in [3.05, 3.63) is 66.1 Å². The van der Waals surface area contributed by atoms with E-state index >= 15 is 0 Å². The predicted octanol–water partition coefficient (Wildman–Crippen LogP) is 5.08. The molecule has 0 bridgehead atoms. The minimum Gasteiger partial charge on any atom is -0.343 e. The molecule has 0 spiro atoms. The number of para-hydroxylation sites is 1. The number of hydrogen-bond acceptors (Lipinski definition) is 2. The van der Waals surface area contributed by atoms with E-state index in [0.717, 1.165) is 32.3 Å². The van der Waals surface area contributed by atoms with Crippen LogP contribution >= 0.6 is 11.8 Å². The van der Waals surface area contributed by atoms with Gasteiger partial charge in [0.1, 0.15) is 6.07 Å². The average molecular weight is 315 g/mol. The van der Waals surface area contributed by atoms with Crippen LogP contribution in [0.25, 0.3) is 27.4 Å². The number of rotatable bonds is 2. The first-order valence-corrected chi connectivity index (χ1v) is 8.69. The van der Waals surface area contributed by atoms with Crippen LogP contribution in [-0.2, 0) is 7.05 Å². The van der Waals surface area contributed by atoms with Crippen molar-refractivity contribution in [3.8, 4) is 6.07 Å². The number of aryl methyl sites for hydroxylation is 1. The molecule has 0 saturated heterocycles. The van der Waals surface area contributed by atoms with Crippen molar-refractivity contribution in [1.82, 2.24) is 4.57 Å². The van der Waals surface area contributed by atoms with E-state index in [1.165, 1.54) is 11.1 Å². The van der Waals surface area contributed by atoms with E-state index in [1.807, 2.05) is 18.4 Å². The Bertz CT molecular complexity index is 1050. The second kappa shape index (κ2) is 5.33. The molecule has 1 radical (unpaired) electrons. The SMILES string of the molecule is CSc1cc(C2=C[CH]C=C2)c2c(c1C#N)c1ccccc1n2C. The molecule has 2 nitrogen and oxygen atoms in total. The fourth-order valence-electron chi connectivity index (χ4n) is 3.40. The Morgan fingerprint density at radius 1 is 1.22 bits per heavy atom. The van der Waals surface area contributed by atoms with Gasteiger partial charge >= 0.3 is 0 Å². The summed E-state index contributed by atoms with van der Waals surface area (Å²) < 4.78 is 2.21. The Labute approximate surface area is 139 Å². The van der Waals surface area contributed by atoms with Gasteiger partial charge in [-0.2, -0.15) is 5.26 Å². The van der Waals surface area contributed by atoms with Crippen molar-refractivity contribution in [2.75, 3.05) is 6.26 Å². The fraction of sp³-hybridized carbons (Fsp3) is 0.100. The van der Waals surface area contributed by atoms with E-state index < -0.39 is 0 Å². The van der Waals surface area contributed by atoms with E-state index in [2.05, 4.69) is 60.5 Å². The van der Waals surface area contributed by atoms with Crippen LogP contribution < -0.4 is 0 Å². The highest BCUT2D eigenvalue weighted by Crippen LogP contribution is 2.40. The normalized spacial score (nSPS) is 13.7. The minimum absolute atomic E-state index is 0.777. The van der Waals surface area contributed by atoms with Gasteiger partial charge in [0, 0.05) is 40.2 Å². The summed E-state index contributed by atoms with van der Waals surface area (Å²) in [6, 6.07) is 12.9. The maximum absolute atomic E-state index is 9.77. The lowest BCUT2D eigenvalue weighted by molar-refractivity contribution is 1.01. The van der Waals surface area contributed by atoms with Gasteiger partial charge in [-0.15, -0.1) is 11.8 Å². The van der Waals surface area contributed by atoms with Crippen LogP contribution in [0, 0.1) is 17.8 Å². The Morgan fingerprint density at radius 3 is 2.74 bits per heavy atom. The highest BCUT2D eigenvalue weighted by molar-refractivity contribution is 7.98. The third-order valence-corrected chi connectivity index (χ3v) is 5.20. The van der Waals surface area contributed by atoms with Gasteiger partial charge < -0.3 is 4.57 Å². The number of benzene rings is 2. The van der Waals surface area contributed by atoms with Gasteiger partial charge in [-0.25, -0.2) is 0 Å². The molecule has 23 heavy (non-hydrogen) atoms. The van der Waals surface area contributed by atoms with Crippen molar-refractivity contribution in [2.24, 2.45) is 7.05 Å². The number of nitrogens with zero attached hydrogens (tertiary/aromatic N) is 2. The van der Waals surface area contributed by atoms with Gasteiger partial charge in [-0.3, -0.25) is 0 Å². The molecule has 0 fully saturated rings. The third-order valence-electron chi connectivity index (χ3n) is 4.44. The standard InChI is InChI=1S/C20H15N2S/c1-22-17-10-6-5-9-14(17)19-16(12-21)18(23-2)11-15(20(19)22)13-7-3-4-8-13/h3-11H,1-2H3. The first-order valence-electron chi connectivity index (χ1n) is 7.46. The largest absolute Gasteiger partial charge is 0.343 e. The topological polar surface area (TPSA) is 28.7 Å². The summed E-state index contributed by atoms with van der Waals surface area (Å²) in [5.74, 6) is 0. The van der Waals surface area contributed by atoms with Crippen LogP contribution in [0.3, 0.4) is 0 Å². The molecule has 1 aliphatic rings. The van der Waals surface area contributed by atoms with Crippen LogP contribution in [0.4, 0.5) is 0 Å². The molecule has 3 aromatic rings. The lowest BCUT2D eigenvalue weighted by Crippen LogP contribution is -1.94. The maximum Gasteiger partial charge on any atom is 0.101 e. The zero-order valence-corrected chi connectivity index (χ0v) is 13.8. The molecule has 4 rings (SSSR count). The number of nitriles is 1. The van der Waals surface area contributed by atoms with Crippen LogP contribution in [0.15, 0.2) is 53.5 Å². The summed E-state index contributed by atoms with van der Waals surface area (Å²) in [5, 5.41) is 12.0. The molecule has 2 aromatic carbocycles. The first kappa shape index (κ1) is 14.2. The second-order valence-electron chi connectivity index (χ2n) is 5.59. The third kappa shape index (κ3) is 1.95. The molecule has 1 aliphatic carbocycles. The van der Waals surface area contributed by atoms with Gasteiger partial charge in [0.15, 0.2) is 0 Å². The van der Waals surface area contributed by atoms with Crippen LogP contribution in [0.2, 0.25) is 0 Å². The predicted molar refractivity (Wildman–Crippen MR) is 98.3 cm³/mol. The summed E-state index contributed by atoms with van der Waals surface area (Å²) in [6.07, 6.45) is 10.4. The number of thioether (sulfide) groups is 1. The highest BCUT2D eigenvalue weighted by atomic mass is 32.2. The molecular weight excluding hydrogens is 300 g/mol. The molecular formula is C20H15N2S. The smallest absolute Gasteiger partial charge is 0.101 e. The molecule has 0 N–H and O–H groups in total. The monoisotopic (exact) mass is 315 g/mol. The van der Waals surface area contributed by atoms with Crippen LogP contribution in [0.1, 0.15) is 11.1 Å². The van der Waals surface area contributed by atoms with Crippen molar-refractivity contribution < 1.29 is 0 Å². The van der Waals surface area contributed by atoms with Crippen molar-refractivity contribution in [1.29, 1.82) is 5.26 Å². The quantitative estimate of drug-likeness (QED) is 0.617. The Morgan fingerprint density at radius 2 is 2.04 bits per heavy atom. The summed E-state index contributed by atoms with van der Waals surface area (Å²) in [5.41, 5.74) is 5.45. The summed E-state index contributed by atoms with van der Waals surface area (Å²) in [7, 11) is 2.08. The Kier molecular flexibility index (Phi) is 3.28. The van der Waals surface area contributed by atoms with E-state index in [-0.39, 0.29) is 0 Å². The highest BCUT2D eigenvalue weighted by Gasteiger charge is 2.20. The van der Waals surface area contributed by atoms with Gasteiger partial charge in [-0.05, 0) is 24.0 Å². The molecule has 1 heterocycles. The van der Waals surface area contributed by atoms with Crippen molar-refractivity contribution in [3.63, 3.8) is 0 Å². The van der Waals surface area contributed by atoms with Gasteiger partial charge in [0.05, 0.1) is 11.1 Å². The Hall–Kier alpha value is -2.44. The number of aromatic nitrogens is 1. The zero-order valence-electron chi connectivity index (χ0n) is 13.0. The average Bonchev–Trinajstić information content (AvgIpc) is 3.22. The van der Waals surface area contributed by atoms with Gasteiger partial charge in [0.25, 0.3) is 0 Å². The zero-order chi connectivity index (χ0) is 16.0. The molecule has 0 aliphatic heterocycles. The molecule has 1 aromatic heterocycles. The van der Waals surface area contributed by atoms with Crippen molar-refractivity contribution >= 4 is 39.1 Å². The van der Waals surface area contributed by atoms with E-state index in [4.69, 9.17) is 0 Å².